The second kappa shape index (κ2) is 6.33. The minimum atomic E-state index is -2.97. The molecule has 0 saturated heterocycles. The Morgan fingerprint density at radius 2 is 1.96 bits per heavy atom. The van der Waals surface area contributed by atoms with Crippen LogP contribution in [0.15, 0.2) is 18.2 Å². The summed E-state index contributed by atoms with van der Waals surface area (Å²) in [5, 5.41) is 13.7. The molecule has 4 aliphatic carbocycles. The number of rotatable bonds is 4. The van der Waals surface area contributed by atoms with Crippen LogP contribution >= 0.6 is 22.6 Å². The standard InChI is InChI=1S/C18H20F2INO3/c19-17(20)25-14-5-12(21)1-2-13(14)16(23)22-15-10-3-9-4-11(15)8-18(24,6-9)7-10/h1-2,5,9-11,15,17,24H,3-4,6-8H2,(H,22,23)/t9?,10?,11?,15-,18-. The van der Waals surface area contributed by atoms with Gasteiger partial charge in [0.2, 0.25) is 0 Å². The molecule has 0 aromatic heterocycles. The highest BCUT2D eigenvalue weighted by molar-refractivity contribution is 14.1. The van der Waals surface area contributed by atoms with Crippen LogP contribution in [0.4, 0.5) is 8.78 Å². The second-order valence-electron chi connectivity index (χ2n) is 7.71. The third kappa shape index (κ3) is 3.37. The van der Waals surface area contributed by atoms with Gasteiger partial charge >= 0.3 is 6.61 Å². The Hall–Kier alpha value is -0.960. The summed E-state index contributed by atoms with van der Waals surface area (Å²) in [7, 11) is 0. The van der Waals surface area contributed by atoms with Gasteiger partial charge in [0.05, 0.1) is 11.2 Å². The van der Waals surface area contributed by atoms with E-state index in [9.17, 15) is 18.7 Å². The zero-order valence-electron chi connectivity index (χ0n) is 13.6. The van der Waals surface area contributed by atoms with Crippen molar-refractivity contribution < 1.29 is 23.4 Å². The molecule has 1 aromatic carbocycles. The number of nitrogens with one attached hydrogen (secondary N) is 1. The van der Waals surface area contributed by atoms with Crippen LogP contribution in [-0.2, 0) is 0 Å². The zero-order chi connectivity index (χ0) is 17.8. The molecule has 0 heterocycles. The smallest absolute Gasteiger partial charge is 0.387 e. The highest BCUT2D eigenvalue weighted by Gasteiger charge is 2.55. The van der Waals surface area contributed by atoms with Gasteiger partial charge < -0.3 is 15.2 Å². The number of amides is 1. The van der Waals surface area contributed by atoms with E-state index < -0.39 is 12.2 Å². The average Bonchev–Trinajstić information content (AvgIpc) is 2.48. The van der Waals surface area contributed by atoms with Crippen LogP contribution in [0.5, 0.6) is 5.75 Å². The largest absolute Gasteiger partial charge is 0.434 e. The lowest BCUT2D eigenvalue weighted by atomic mass is 9.52. The van der Waals surface area contributed by atoms with Crippen molar-refractivity contribution in [2.24, 2.45) is 17.8 Å². The molecule has 0 spiro atoms. The molecule has 4 aliphatic rings. The van der Waals surface area contributed by atoms with Crippen LogP contribution in [0.25, 0.3) is 0 Å². The molecule has 2 N–H and O–H groups in total. The maximum absolute atomic E-state index is 12.7. The molecule has 2 atom stereocenters. The van der Waals surface area contributed by atoms with Crippen molar-refractivity contribution in [3.8, 4) is 5.75 Å². The molecule has 136 valence electrons. The number of alkyl halides is 2. The summed E-state index contributed by atoms with van der Waals surface area (Å²) in [4.78, 5) is 12.7. The van der Waals surface area contributed by atoms with E-state index >= 15 is 0 Å². The van der Waals surface area contributed by atoms with E-state index in [1.165, 1.54) is 12.1 Å². The first-order valence-corrected chi connectivity index (χ1v) is 9.68. The van der Waals surface area contributed by atoms with Crippen LogP contribution in [-0.4, -0.2) is 29.3 Å². The van der Waals surface area contributed by atoms with Crippen molar-refractivity contribution in [3.63, 3.8) is 0 Å². The fraction of sp³-hybridized carbons (Fsp3) is 0.611. The first-order valence-electron chi connectivity index (χ1n) is 8.60. The normalized spacial score (nSPS) is 35.9. The lowest BCUT2D eigenvalue weighted by Crippen LogP contribution is -2.61. The number of aliphatic hydroxyl groups is 1. The number of carbonyl (C=O) groups is 1. The fourth-order valence-electron chi connectivity index (χ4n) is 5.32. The fourth-order valence-corrected chi connectivity index (χ4v) is 5.79. The average molecular weight is 463 g/mol. The Bertz CT molecular complexity index is 683. The number of benzene rings is 1. The van der Waals surface area contributed by atoms with Crippen molar-refractivity contribution in [2.75, 3.05) is 0 Å². The Kier molecular flexibility index (Phi) is 4.42. The van der Waals surface area contributed by atoms with Crippen LogP contribution in [0.2, 0.25) is 0 Å². The van der Waals surface area contributed by atoms with Crippen LogP contribution in [0, 0.1) is 21.3 Å². The van der Waals surface area contributed by atoms with Gasteiger partial charge in [-0.2, -0.15) is 8.78 Å². The highest BCUT2D eigenvalue weighted by atomic mass is 127. The van der Waals surface area contributed by atoms with Crippen LogP contribution in [0.3, 0.4) is 0 Å². The Morgan fingerprint density at radius 3 is 2.56 bits per heavy atom. The first kappa shape index (κ1) is 17.5. The first-order chi connectivity index (χ1) is 11.8. The lowest BCUT2D eigenvalue weighted by Gasteiger charge is -2.58. The van der Waals surface area contributed by atoms with E-state index in [4.69, 9.17) is 0 Å². The van der Waals surface area contributed by atoms with E-state index in [0.717, 1.165) is 35.7 Å². The van der Waals surface area contributed by atoms with E-state index in [1.54, 1.807) is 6.07 Å². The van der Waals surface area contributed by atoms with Crippen LogP contribution in [0.1, 0.15) is 42.5 Å². The maximum Gasteiger partial charge on any atom is 0.387 e. The summed E-state index contributed by atoms with van der Waals surface area (Å²) >= 11 is 1.99. The van der Waals surface area contributed by atoms with Gasteiger partial charge in [0.15, 0.2) is 0 Å². The SMILES string of the molecule is O=C(N[C@H]1C2CC3CC1C[C@](O)(C3)C2)c1ccc(I)cc1OC(F)F. The van der Waals surface area contributed by atoms with Gasteiger partial charge in [-0.3, -0.25) is 4.79 Å². The summed E-state index contributed by atoms with van der Waals surface area (Å²) < 4.78 is 30.6. The van der Waals surface area contributed by atoms with Gasteiger partial charge in [-0.05, 0) is 90.6 Å². The molecule has 1 amide bonds. The third-order valence-electron chi connectivity index (χ3n) is 5.94. The number of hydrogen-bond donors (Lipinski definition) is 2. The molecular formula is C18H20F2INO3. The van der Waals surface area contributed by atoms with Gasteiger partial charge in [0.1, 0.15) is 5.75 Å². The van der Waals surface area contributed by atoms with Gasteiger partial charge in [-0.15, -0.1) is 0 Å². The van der Waals surface area contributed by atoms with Crippen molar-refractivity contribution in [2.45, 2.75) is 50.4 Å². The molecule has 7 heteroatoms. The Morgan fingerprint density at radius 1 is 1.28 bits per heavy atom. The van der Waals surface area contributed by atoms with E-state index in [0.29, 0.717) is 5.92 Å². The molecule has 0 radical (unpaired) electrons. The molecule has 5 rings (SSSR count). The van der Waals surface area contributed by atoms with Gasteiger partial charge in [0.25, 0.3) is 5.91 Å². The highest BCUT2D eigenvalue weighted by Crippen LogP contribution is 2.55. The molecule has 4 saturated carbocycles. The van der Waals surface area contributed by atoms with E-state index in [-0.39, 0.29) is 35.1 Å². The molecular weight excluding hydrogens is 443 g/mol. The lowest BCUT2D eigenvalue weighted by molar-refractivity contribution is -0.137. The van der Waals surface area contributed by atoms with Gasteiger partial charge in [-0.25, -0.2) is 0 Å². The zero-order valence-corrected chi connectivity index (χ0v) is 15.7. The topological polar surface area (TPSA) is 58.6 Å². The molecule has 4 bridgehead atoms. The number of hydrogen-bond acceptors (Lipinski definition) is 3. The summed E-state index contributed by atoms with van der Waals surface area (Å²) in [5.74, 6) is 0.608. The van der Waals surface area contributed by atoms with E-state index in [2.05, 4.69) is 10.1 Å². The molecule has 0 aliphatic heterocycles. The summed E-state index contributed by atoms with van der Waals surface area (Å²) in [6, 6.07) is 4.68. The second-order valence-corrected chi connectivity index (χ2v) is 8.96. The van der Waals surface area contributed by atoms with E-state index in [1.807, 2.05) is 22.6 Å². The quantitative estimate of drug-likeness (QED) is 0.672. The monoisotopic (exact) mass is 463 g/mol. The predicted octanol–water partition coefficient (Wildman–Crippen LogP) is 3.56. The van der Waals surface area contributed by atoms with Crippen molar-refractivity contribution in [3.05, 3.63) is 27.3 Å². The van der Waals surface area contributed by atoms with Gasteiger partial charge in [-0.1, -0.05) is 0 Å². The van der Waals surface area contributed by atoms with Gasteiger partial charge in [0, 0.05) is 9.61 Å². The predicted molar refractivity (Wildman–Crippen MR) is 95.6 cm³/mol. The number of carbonyl (C=O) groups excluding carboxylic acids is 1. The molecule has 1 aromatic rings. The minimum Gasteiger partial charge on any atom is -0.434 e. The van der Waals surface area contributed by atoms with Crippen molar-refractivity contribution >= 4 is 28.5 Å². The Labute approximate surface area is 158 Å². The molecule has 2 unspecified atom stereocenters. The van der Waals surface area contributed by atoms with Crippen LogP contribution < -0.4 is 10.1 Å². The van der Waals surface area contributed by atoms with Crippen molar-refractivity contribution in [1.82, 2.24) is 5.32 Å². The summed E-state index contributed by atoms with van der Waals surface area (Å²) in [5.41, 5.74) is -0.432. The Balaban J connectivity index is 1.53. The molecule has 4 nitrogen and oxygen atoms in total. The maximum atomic E-state index is 12.7. The molecule has 25 heavy (non-hydrogen) atoms. The minimum absolute atomic E-state index is 0.00278. The summed E-state index contributed by atoms with van der Waals surface area (Å²) in [6.07, 6.45) is 4.37. The van der Waals surface area contributed by atoms with Crippen molar-refractivity contribution in [1.29, 1.82) is 0 Å². The third-order valence-corrected chi connectivity index (χ3v) is 6.61. The molecule has 4 fully saturated rings. The number of ether oxygens (including phenoxy) is 1. The number of halogens is 3. The summed E-state index contributed by atoms with van der Waals surface area (Å²) in [6.45, 7) is -2.97.